The number of methoxy groups -OCH3 is 1. The Hall–Kier alpha value is -0.860. The van der Waals surface area contributed by atoms with E-state index >= 15 is 0 Å². The largest absolute Gasteiger partial charge is 0.385 e. The van der Waals surface area contributed by atoms with Crippen LogP contribution in [-0.2, 0) is 10.2 Å². The van der Waals surface area contributed by atoms with E-state index < -0.39 is 0 Å². The van der Waals surface area contributed by atoms with Crippen molar-refractivity contribution in [2.24, 2.45) is 0 Å². The summed E-state index contributed by atoms with van der Waals surface area (Å²) in [5.41, 5.74) is 6.55. The first kappa shape index (κ1) is 13.1. The zero-order chi connectivity index (χ0) is 13.6. The Kier molecular flexibility index (Phi) is 3.18. The third kappa shape index (κ3) is 1.85. The first-order valence-corrected chi connectivity index (χ1v) is 7.37. The molecule has 1 fully saturated rings. The van der Waals surface area contributed by atoms with Gasteiger partial charge in [0.25, 0.3) is 0 Å². The summed E-state index contributed by atoms with van der Waals surface area (Å²) < 4.78 is 5.25. The van der Waals surface area contributed by atoms with Crippen LogP contribution in [0.25, 0.3) is 0 Å². The highest BCUT2D eigenvalue weighted by Crippen LogP contribution is 2.58. The predicted octanol–water partition coefficient (Wildman–Crippen LogP) is 3.01. The number of hydrogen-bond donors (Lipinski definition) is 0. The quantitative estimate of drug-likeness (QED) is 0.771. The summed E-state index contributed by atoms with van der Waals surface area (Å²) in [5, 5.41) is 0. The molecule has 1 saturated heterocycles. The van der Waals surface area contributed by atoms with Crippen molar-refractivity contribution >= 4 is 0 Å². The molecule has 0 saturated carbocycles. The highest BCUT2D eigenvalue weighted by atomic mass is 16.5. The summed E-state index contributed by atoms with van der Waals surface area (Å²) in [6.07, 6.45) is 2.44. The molecule has 3 rings (SSSR count). The molecule has 2 atom stereocenters. The van der Waals surface area contributed by atoms with Gasteiger partial charge in [0, 0.05) is 38.1 Å². The molecular formula is C17H25NO. The van der Waals surface area contributed by atoms with Crippen LogP contribution < -0.4 is 0 Å². The van der Waals surface area contributed by atoms with Crippen molar-refractivity contribution in [2.75, 3.05) is 33.9 Å². The molecule has 1 aliphatic heterocycles. The standard InChI is InChI=1S/C17H25NO/c1-12-8-14-15(9-13(12)2)17(6-5-7-19-4)11-18(3)10-16(14)17/h8-9,16H,5-7,10-11H2,1-4H3. The summed E-state index contributed by atoms with van der Waals surface area (Å²) in [7, 11) is 4.06. The van der Waals surface area contributed by atoms with E-state index in [1.807, 2.05) is 0 Å². The van der Waals surface area contributed by atoms with Crippen LogP contribution in [0.2, 0.25) is 0 Å². The molecule has 1 heterocycles. The van der Waals surface area contributed by atoms with Crippen LogP contribution in [0.5, 0.6) is 0 Å². The van der Waals surface area contributed by atoms with Gasteiger partial charge in [-0.25, -0.2) is 0 Å². The lowest BCUT2D eigenvalue weighted by atomic mass is 9.55. The van der Waals surface area contributed by atoms with Gasteiger partial charge >= 0.3 is 0 Å². The Morgan fingerprint density at radius 1 is 1.32 bits per heavy atom. The second-order valence-corrected chi connectivity index (χ2v) is 6.53. The number of benzene rings is 1. The topological polar surface area (TPSA) is 12.5 Å². The second kappa shape index (κ2) is 4.60. The van der Waals surface area contributed by atoms with E-state index in [1.165, 1.54) is 37.1 Å². The van der Waals surface area contributed by atoms with Gasteiger partial charge in [-0.15, -0.1) is 0 Å². The molecule has 2 nitrogen and oxygen atoms in total. The number of likely N-dealkylation sites (tertiary alicyclic amines) is 1. The maximum absolute atomic E-state index is 5.25. The Balaban J connectivity index is 1.93. The number of aryl methyl sites for hydroxylation is 2. The van der Waals surface area contributed by atoms with Gasteiger partial charge in [0.15, 0.2) is 0 Å². The van der Waals surface area contributed by atoms with Crippen molar-refractivity contribution in [3.8, 4) is 0 Å². The number of ether oxygens (including phenoxy) is 1. The van der Waals surface area contributed by atoms with E-state index in [9.17, 15) is 0 Å². The molecule has 2 heteroatoms. The summed E-state index contributed by atoms with van der Waals surface area (Å²) >= 11 is 0. The van der Waals surface area contributed by atoms with E-state index in [0.717, 1.165) is 12.5 Å². The summed E-state index contributed by atoms with van der Waals surface area (Å²) in [6.45, 7) is 7.81. The summed E-state index contributed by atoms with van der Waals surface area (Å²) in [5.74, 6) is 0.753. The minimum Gasteiger partial charge on any atom is -0.385 e. The van der Waals surface area contributed by atoms with E-state index in [-0.39, 0.29) is 0 Å². The third-order valence-corrected chi connectivity index (χ3v) is 5.26. The van der Waals surface area contributed by atoms with Gasteiger partial charge in [-0.3, -0.25) is 0 Å². The molecule has 19 heavy (non-hydrogen) atoms. The first-order chi connectivity index (χ1) is 9.08. The lowest BCUT2D eigenvalue weighted by Crippen LogP contribution is -2.43. The molecule has 0 N–H and O–H groups in total. The molecule has 0 amide bonds. The zero-order valence-electron chi connectivity index (χ0n) is 12.6. The maximum atomic E-state index is 5.25. The lowest BCUT2D eigenvalue weighted by molar-refractivity contribution is 0.176. The Bertz CT molecular complexity index is 496. The molecule has 0 radical (unpaired) electrons. The smallest absolute Gasteiger partial charge is 0.0462 e. The Morgan fingerprint density at radius 2 is 2.05 bits per heavy atom. The van der Waals surface area contributed by atoms with Gasteiger partial charge in [-0.1, -0.05) is 12.1 Å². The minimum atomic E-state index is 0.418. The Labute approximate surface area is 116 Å². The fraction of sp³-hybridized carbons (Fsp3) is 0.647. The van der Waals surface area contributed by atoms with E-state index in [0.29, 0.717) is 5.41 Å². The number of nitrogens with zero attached hydrogens (tertiary/aromatic N) is 1. The monoisotopic (exact) mass is 259 g/mol. The van der Waals surface area contributed by atoms with Gasteiger partial charge in [0.05, 0.1) is 0 Å². The van der Waals surface area contributed by atoms with Crippen LogP contribution >= 0.6 is 0 Å². The van der Waals surface area contributed by atoms with Crippen molar-refractivity contribution in [3.05, 3.63) is 34.4 Å². The van der Waals surface area contributed by atoms with Crippen molar-refractivity contribution in [1.29, 1.82) is 0 Å². The number of fused-ring (bicyclic) bond motifs is 4. The van der Waals surface area contributed by atoms with Crippen LogP contribution in [0, 0.1) is 13.8 Å². The number of rotatable bonds is 4. The van der Waals surface area contributed by atoms with Gasteiger partial charge in [-0.2, -0.15) is 0 Å². The minimum absolute atomic E-state index is 0.418. The molecule has 0 bridgehead atoms. The van der Waals surface area contributed by atoms with Crippen LogP contribution in [0.3, 0.4) is 0 Å². The average Bonchev–Trinajstić information content (AvgIpc) is 2.66. The summed E-state index contributed by atoms with van der Waals surface area (Å²) in [4.78, 5) is 2.50. The fourth-order valence-corrected chi connectivity index (χ4v) is 4.21. The van der Waals surface area contributed by atoms with E-state index in [4.69, 9.17) is 4.74 Å². The van der Waals surface area contributed by atoms with Crippen LogP contribution in [-0.4, -0.2) is 38.8 Å². The average molecular weight is 259 g/mol. The van der Waals surface area contributed by atoms with Gasteiger partial charge < -0.3 is 9.64 Å². The molecule has 2 aliphatic rings. The zero-order valence-corrected chi connectivity index (χ0v) is 12.6. The van der Waals surface area contributed by atoms with Crippen LogP contribution in [0.1, 0.15) is 41.0 Å². The third-order valence-electron chi connectivity index (χ3n) is 5.26. The van der Waals surface area contributed by atoms with Gasteiger partial charge in [0.2, 0.25) is 0 Å². The molecule has 2 unspecified atom stereocenters. The van der Waals surface area contributed by atoms with E-state index in [1.54, 1.807) is 18.2 Å². The van der Waals surface area contributed by atoms with Crippen molar-refractivity contribution in [3.63, 3.8) is 0 Å². The van der Waals surface area contributed by atoms with Crippen LogP contribution in [0.4, 0.5) is 0 Å². The fourth-order valence-electron chi connectivity index (χ4n) is 4.21. The van der Waals surface area contributed by atoms with Crippen LogP contribution in [0.15, 0.2) is 12.1 Å². The second-order valence-electron chi connectivity index (χ2n) is 6.53. The SMILES string of the molecule is COCCCC12CN(C)CC1c1cc(C)c(C)cc12. The molecule has 1 aromatic rings. The van der Waals surface area contributed by atoms with Crippen molar-refractivity contribution in [2.45, 2.75) is 38.0 Å². The van der Waals surface area contributed by atoms with Crippen molar-refractivity contribution < 1.29 is 4.74 Å². The molecular weight excluding hydrogens is 234 g/mol. The molecule has 104 valence electrons. The van der Waals surface area contributed by atoms with Crippen molar-refractivity contribution in [1.82, 2.24) is 4.90 Å². The van der Waals surface area contributed by atoms with Gasteiger partial charge in [0.1, 0.15) is 0 Å². The number of hydrogen-bond acceptors (Lipinski definition) is 2. The lowest BCUT2D eigenvalue weighted by Gasteiger charge is -2.47. The first-order valence-electron chi connectivity index (χ1n) is 7.37. The molecule has 1 aliphatic carbocycles. The summed E-state index contributed by atoms with van der Waals surface area (Å²) in [6, 6.07) is 4.89. The molecule has 0 aromatic heterocycles. The highest BCUT2D eigenvalue weighted by Gasteiger charge is 2.55. The highest BCUT2D eigenvalue weighted by molar-refractivity contribution is 5.55. The normalized spacial score (nSPS) is 28.9. The maximum Gasteiger partial charge on any atom is 0.0462 e. The predicted molar refractivity (Wildman–Crippen MR) is 78.9 cm³/mol. The Morgan fingerprint density at radius 3 is 2.79 bits per heavy atom. The number of likely N-dealkylation sites (N-methyl/N-ethyl adjacent to an activating group) is 1. The molecule has 0 spiro atoms. The van der Waals surface area contributed by atoms with E-state index in [2.05, 4.69) is 37.9 Å². The van der Waals surface area contributed by atoms with Gasteiger partial charge in [-0.05, 0) is 56.0 Å². The molecule has 1 aromatic carbocycles.